The number of carbonyl (C=O) groups excluding carboxylic acids is 1. The summed E-state index contributed by atoms with van der Waals surface area (Å²) in [4.78, 5) is 11.1. The normalized spacial score (nSPS) is 44.2. The largest absolute Gasteiger partial charge is 0.466 e. The molecule has 33 heavy (non-hydrogen) atoms. The Morgan fingerprint density at radius 1 is 1.09 bits per heavy atom. The fraction of sp³-hybridized carbons (Fsp3) is 0.900. The van der Waals surface area contributed by atoms with Gasteiger partial charge in [-0.05, 0) is 111 Å². The molecule has 1 N–H and O–H groups in total. The summed E-state index contributed by atoms with van der Waals surface area (Å²) in [5.74, 6) is 4.50. The molecule has 4 aliphatic carbocycles. The van der Waals surface area contributed by atoms with Gasteiger partial charge in [-0.2, -0.15) is 0 Å². The van der Waals surface area contributed by atoms with Crippen LogP contribution in [-0.2, 0) is 9.53 Å². The van der Waals surface area contributed by atoms with Crippen molar-refractivity contribution in [3.8, 4) is 0 Å². The van der Waals surface area contributed by atoms with E-state index < -0.39 is 5.60 Å². The summed E-state index contributed by atoms with van der Waals surface area (Å²) in [7, 11) is 0. The van der Waals surface area contributed by atoms with E-state index in [1.807, 2.05) is 6.92 Å². The number of hydrogen-bond donors (Lipinski definition) is 1. The first-order valence-corrected chi connectivity index (χ1v) is 14.0. The number of aliphatic hydroxyl groups is 1. The van der Waals surface area contributed by atoms with E-state index in [4.69, 9.17) is 4.74 Å². The molecule has 0 aromatic heterocycles. The van der Waals surface area contributed by atoms with Gasteiger partial charge in [0.15, 0.2) is 0 Å². The molecule has 9 atom stereocenters. The van der Waals surface area contributed by atoms with Crippen molar-refractivity contribution in [3.05, 3.63) is 11.6 Å². The summed E-state index contributed by atoms with van der Waals surface area (Å²) in [6.45, 7) is 14.0. The molecular weight excluding hydrogens is 408 g/mol. The van der Waals surface area contributed by atoms with Gasteiger partial charge in [-0.25, -0.2) is 0 Å². The molecule has 3 nitrogen and oxygen atoms in total. The summed E-state index contributed by atoms with van der Waals surface area (Å²) in [6, 6.07) is 0. The zero-order valence-electron chi connectivity index (χ0n) is 22.3. The molecule has 0 amide bonds. The van der Waals surface area contributed by atoms with E-state index in [9.17, 15) is 9.90 Å². The van der Waals surface area contributed by atoms with Gasteiger partial charge in [0.25, 0.3) is 0 Å². The molecule has 188 valence electrons. The van der Waals surface area contributed by atoms with Crippen molar-refractivity contribution < 1.29 is 14.6 Å². The Labute approximate surface area is 203 Å². The predicted octanol–water partition coefficient (Wildman–Crippen LogP) is 7.32. The lowest BCUT2D eigenvalue weighted by molar-refractivity contribution is -0.142. The van der Waals surface area contributed by atoms with E-state index in [1.54, 1.807) is 5.57 Å². The van der Waals surface area contributed by atoms with Gasteiger partial charge in [-0.1, -0.05) is 52.2 Å². The van der Waals surface area contributed by atoms with Gasteiger partial charge in [0.1, 0.15) is 0 Å². The molecular formula is C30H50O3. The molecule has 0 heterocycles. The molecule has 3 saturated carbocycles. The third-order valence-electron chi connectivity index (χ3n) is 11.1. The standard InChI is InChI=1S/C30H50O3/c1-20(19-33-22(3)31)8-7-9-21(2)25-12-13-26-24-11-10-23-18-28(4,32)16-17-29(23,5)27(24)14-15-30(25,26)6/h10,20-21,24-27,32H,7-9,11-19H2,1-6H3/t20-,21-,24+,25-,26+,27+,28+,29+,30-/m1/s1. The summed E-state index contributed by atoms with van der Waals surface area (Å²) >= 11 is 0. The molecule has 0 bridgehead atoms. The van der Waals surface area contributed by atoms with Crippen LogP contribution in [0, 0.1) is 46.3 Å². The molecule has 3 fully saturated rings. The van der Waals surface area contributed by atoms with Gasteiger partial charge in [0.2, 0.25) is 0 Å². The van der Waals surface area contributed by atoms with Crippen LogP contribution in [-0.4, -0.2) is 23.3 Å². The number of carbonyl (C=O) groups is 1. The van der Waals surface area contributed by atoms with Crippen LogP contribution in [0.2, 0.25) is 0 Å². The van der Waals surface area contributed by atoms with Crippen LogP contribution in [0.4, 0.5) is 0 Å². The van der Waals surface area contributed by atoms with Crippen molar-refractivity contribution in [2.45, 2.75) is 118 Å². The first-order chi connectivity index (χ1) is 15.5. The van der Waals surface area contributed by atoms with Crippen LogP contribution >= 0.6 is 0 Å². The molecule has 0 saturated heterocycles. The van der Waals surface area contributed by atoms with Crippen LogP contribution in [0.1, 0.15) is 112 Å². The summed E-state index contributed by atoms with van der Waals surface area (Å²) in [5.41, 5.74) is 1.92. The van der Waals surface area contributed by atoms with E-state index in [0.29, 0.717) is 23.4 Å². The van der Waals surface area contributed by atoms with Crippen molar-refractivity contribution in [2.24, 2.45) is 46.3 Å². The Hall–Kier alpha value is -0.830. The van der Waals surface area contributed by atoms with E-state index in [-0.39, 0.29) is 5.97 Å². The van der Waals surface area contributed by atoms with Crippen molar-refractivity contribution in [3.63, 3.8) is 0 Å². The molecule has 0 radical (unpaired) electrons. The van der Waals surface area contributed by atoms with Crippen molar-refractivity contribution in [1.29, 1.82) is 0 Å². The van der Waals surface area contributed by atoms with Crippen molar-refractivity contribution in [2.75, 3.05) is 6.61 Å². The number of ether oxygens (including phenoxy) is 1. The first kappa shape index (κ1) is 25.3. The average molecular weight is 459 g/mol. The summed E-state index contributed by atoms with van der Waals surface area (Å²) < 4.78 is 5.20. The highest BCUT2D eigenvalue weighted by molar-refractivity contribution is 5.65. The summed E-state index contributed by atoms with van der Waals surface area (Å²) in [6.07, 6.45) is 16.2. The summed E-state index contributed by atoms with van der Waals surface area (Å²) in [5, 5.41) is 10.7. The number of rotatable bonds is 7. The fourth-order valence-corrected chi connectivity index (χ4v) is 9.11. The van der Waals surface area contributed by atoms with Crippen molar-refractivity contribution in [1.82, 2.24) is 0 Å². The Bertz CT molecular complexity index is 754. The van der Waals surface area contributed by atoms with Gasteiger partial charge in [0, 0.05) is 6.92 Å². The minimum absolute atomic E-state index is 0.159. The quantitative estimate of drug-likeness (QED) is 0.321. The second-order valence-corrected chi connectivity index (χ2v) is 13.5. The molecule has 4 rings (SSSR count). The fourth-order valence-electron chi connectivity index (χ4n) is 9.11. The van der Waals surface area contributed by atoms with Gasteiger partial charge >= 0.3 is 5.97 Å². The van der Waals surface area contributed by atoms with E-state index in [1.165, 1.54) is 58.3 Å². The lowest BCUT2D eigenvalue weighted by Gasteiger charge is -2.59. The maximum absolute atomic E-state index is 11.1. The third-order valence-corrected chi connectivity index (χ3v) is 11.1. The first-order valence-electron chi connectivity index (χ1n) is 14.0. The maximum atomic E-state index is 11.1. The van der Waals surface area contributed by atoms with Crippen LogP contribution in [0.15, 0.2) is 11.6 Å². The maximum Gasteiger partial charge on any atom is 0.302 e. The highest BCUT2D eigenvalue weighted by atomic mass is 16.5. The van der Waals surface area contributed by atoms with E-state index in [2.05, 4.69) is 33.8 Å². The number of hydrogen-bond acceptors (Lipinski definition) is 3. The number of esters is 1. The Kier molecular flexibility index (Phi) is 7.14. The molecule has 0 aliphatic heterocycles. The molecule has 4 aliphatic rings. The molecule has 0 spiro atoms. The SMILES string of the molecule is CC(=O)OC[C@H](C)CCC[C@@H](C)[C@H]1CC[C@H]2[C@@H]3CC=C4C[C@@](C)(O)CC[C@]4(C)[C@H]3CC[C@]12C. The second kappa shape index (κ2) is 9.32. The van der Waals surface area contributed by atoms with Gasteiger partial charge in [0.05, 0.1) is 12.2 Å². The van der Waals surface area contributed by atoms with Gasteiger partial charge in [-0.15, -0.1) is 0 Å². The predicted molar refractivity (Wildman–Crippen MR) is 135 cm³/mol. The van der Waals surface area contributed by atoms with Crippen LogP contribution in [0.25, 0.3) is 0 Å². The van der Waals surface area contributed by atoms with E-state index in [0.717, 1.165) is 48.9 Å². The lowest BCUT2D eigenvalue weighted by Crippen LogP contribution is -2.52. The molecule has 0 aromatic carbocycles. The third kappa shape index (κ3) is 4.82. The molecule has 3 heteroatoms. The topological polar surface area (TPSA) is 46.5 Å². The minimum atomic E-state index is -0.495. The lowest BCUT2D eigenvalue weighted by atomic mass is 9.46. The van der Waals surface area contributed by atoms with Crippen LogP contribution < -0.4 is 0 Å². The van der Waals surface area contributed by atoms with Crippen LogP contribution in [0.5, 0.6) is 0 Å². The smallest absolute Gasteiger partial charge is 0.302 e. The Morgan fingerprint density at radius 3 is 2.58 bits per heavy atom. The monoisotopic (exact) mass is 458 g/mol. The highest BCUT2D eigenvalue weighted by Crippen LogP contribution is 2.67. The average Bonchev–Trinajstić information content (AvgIpc) is 3.10. The second-order valence-electron chi connectivity index (χ2n) is 13.5. The molecule has 0 aromatic rings. The minimum Gasteiger partial charge on any atom is -0.466 e. The number of allylic oxidation sites excluding steroid dienone is 1. The Balaban J connectivity index is 1.38. The van der Waals surface area contributed by atoms with Crippen LogP contribution in [0.3, 0.4) is 0 Å². The van der Waals surface area contributed by atoms with E-state index >= 15 is 0 Å². The molecule has 0 unspecified atom stereocenters. The zero-order chi connectivity index (χ0) is 24.0. The van der Waals surface area contributed by atoms with Gasteiger partial charge < -0.3 is 9.84 Å². The zero-order valence-corrected chi connectivity index (χ0v) is 22.3. The number of fused-ring (bicyclic) bond motifs is 5. The highest BCUT2D eigenvalue weighted by Gasteiger charge is 2.59. The van der Waals surface area contributed by atoms with Crippen molar-refractivity contribution >= 4 is 5.97 Å². The Morgan fingerprint density at radius 2 is 1.85 bits per heavy atom. The van der Waals surface area contributed by atoms with Gasteiger partial charge in [-0.3, -0.25) is 4.79 Å².